The Hall–Kier alpha value is -1.62. The molecule has 4 nitrogen and oxygen atoms in total. The van der Waals surface area contributed by atoms with E-state index in [1.54, 1.807) is 0 Å². The van der Waals surface area contributed by atoms with E-state index >= 15 is 0 Å². The number of nitrogens with one attached hydrogen (secondary N) is 1. The molecule has 102 valence electrons. The normalized spacial score (nSPS) is 10.7. The van der Waals surface area contributed by atoms with Crippen LogP contribution in [0.15, 0.2) is 12.3 Å². The molecule has 0 atom stereocenters. The van der Waals surface area contributed by atoms with Crippen LogP contribution in [0.1, 0.15) is 38.3 Å². The molecule has 1 N–H and O–H groups in total. The molecule has 0 aliphatic carbocycles. The Morgan fingerprint density at radius 1 is 1.42 bits per heavy atom. The van der Waals surface area contributed by atoms with Crippen molar-refractivity contribution >= 4 is 17.2 Å². The van der Waals surface area contributed by atoms with Crippen molar-refractivity contribution in [3.8, 4) is 0 Å². The molecule has 0 aliphatic rings. The largest absolute Gasteiger partial charge is 0.347 e. The van der Waals surface area contributed by atoms with Crippen LogP contribution in [0.2, 0.25) is 0 Å². The van der Waals surface area contributed by atoms with Crippen LogP contribution in [-0.4, -0.2) is 15.7 Å². The molecule has 0 saturated carbocycles. The highest BCUT2D eigenvalue weighted by Gasteiger charge is 2.11. The average Bonchev–Trinajstić information content (AvgIpc) is 2.90. The predicted octanol–water partition coefficient (Wildman–Crippen LogP) is 2.82. The molecule has 0 aromatic carbocycles. The monoisotopic (exact) mass is 277 g/mol. The first-order valence-corrected chi connectivity index (χ1v) is 7.21. The Kier molecular flexibility index (Phi) is 4.04. The Morgan fingerprint density at radius 2 is 2.16 bits per heavy atom. The first-order valence-electron chi connectivity index (χ1n) is 6.39. The number of aryl methyl sites for hydroxylation is 4. The summed E-state index contributed by atoms with van der Waals surface area (Å²) in [6, 6.07) is 1.94. The molecule has 0 aliphatic heterocycles. The second kappa shape index (κ2) is 5.57. The molecule has 19 heavy (non-hydrogen) atoms. The summed E-state index contributed by atoms with van der Waals surface area (Å²) in [6.45, 7) is 9.45. The van der Waals surface area contributed by atoms with Gasteiger partial charge >= 0.3 is 0 Å². The van der Waals surface area contributed by atoms with Crippen molar-refractivity contribution in [1.82, 2.24) is 15.1 Å². The number of amides is 1. The Balaban J connectivity index is 2.02. The van der Waals surface area contributed by atoms with Gasteiger partial charge in [0.15, 0.2) is 0 Å². The number of carbonyl (C=O) groups excluding carboxylic acids is 1. The lowest BCUT2D eigenvalue weighted by molar-refractivity contribution is 0.0955. The Morgan fingerprint density at radius 3 is 2.68 bits per heavy atom. The number of thiophene rings is 1. The number of rotatable bonds is 4. The fraction of sp³-hybridized carbons (Fsp3) is 0.429. The number of carbonyl (C=O) groups is 1. The SMILES string of the molecule is CCn1cc(CNC(=O)c2cc(C)c(C)s2)c(C)n1. The molecular weight excluding hydrogens is 258 g/mol. The van der Waals surface area contributed by atoms with E-state index in [0.29, 0.717) is 6.54 Å². The highest BCUT2D eigenvalue weighted by Crippen LogP contribution is 2.20. The smallest absolute Gasteiger partial charge is 0.261 e. The van der Waals surface area contributed by atoms with Gasteiger partial charge in [-0.05, 0) is 39.3 Å². The van der Waals surface area contributed by atoms with Crippen molar-refractivity contribution < 1.29 is 4.79 Å². The molecule has 2 aromatic heterocycles. The lowest BCUT2D eigenvalue weighted by atomic mass is 10.2. The second-order valence-electron chi connectivity index (χ2n) is 4.63. The summed E-state index contributed by atoms with van der Waals surface area (Å²) in [6.07, 6.45) is 1.99. The zero-order valence-corrected chi connectivity index (χ0v) is 12.6. The van der Waals surface area contributed by atoms with Crippen molar-refractivity contribution in [3.63, 3.8) is 0 Å². The molecule has 0 fully saturated rings. The maximum Gasteiger partial charge on any atom is 0.261 e. The highest BCUT2D eigenvalue weighted by molar-refractivity contribution is 7.14. The number of nitrogens with zero attached hydrogens (tertiary/aromatic N) is 2. The van der Waals surface area contributed by atoms with Crippen LogP contribution in [0.3, 0.4) is 0 Å². The molecular formula is C14H19N3OS. The summed E-state index contributed by atoms with van der Waals surface area (Å²) in [5.41, 5.74) is 3.21. The maximum absolute atomic E-state index is 12.0. The van der Waals surface area contributed by atoms with E-state index in [1.807, 2.05) is 44.6 Å². The van der Waals surface area contributed by atoms with Crippen molar-refractivity contribution in [1.29, 1.82) is 0 Å². The zero-order chi connectivity index (χ0) is 14.0. The number of hydrogen-bond acceptors (Lipinski definition) is 3. The minimum atomic E-state index is -0.00940. The molecule has 0 spiro atoms. The molecule has 0 unspecified atom stereocenters. The van der Waals surface area contributed by atoms with Crippen molar-refractivity contribution in [2.75, 3.05) is 0 Å². The lowest BCUT2D eigenvalue weighted by Gasteiger charge is -2.01. The van der Waals surface area contributed by atoms with E-state index in [9.17, 15) is 4.79 Å². The Bertz CT molecular complexity index is 578. The summed E-state index contributed by atoms with van der Waals surface area (Å²) in [4.78, 5) is 14.0. The van der Waals surface area contributed by atoms with Crippen LogP contribution < -0.4 is 5.32 Å². The minimum absolute atomic E-state index is 0.00940. The minimum Gasteiger partial charge on any atom is -0.347 e. The van der Waals surface area contributed by atoms with Gasteiger partial charge in [0, 0.05) is 29.7 Å². The van der Waals surface area contributed by atoms with Crippen LogP contribution in [-0.2, 0) is 13.1 Å². The fourth-order valence-corrected chi connectivity index (χ4v) is 2.79. The van der Waals surface area contributed by atoms with Crippen LogP contribution in [0.5, 0.6) is 0 Å². The van der Waals surface area contributed by atoms with Crippen molar-refractivity contribution in [2.24, 2.45) is 0 Å². The third kappa shape index (κ3) is 3.04. The maximum atomic E-state index is 12.0. The van der Waals surface area contributed by atoms with E-state index in [-0.39, 0.29) is 5.91 Å². The molecule has 5 heteroatoms. The zero-order valence-electron chi connectivity index (χ0n) is 11.8. The van der Waals surface area contributed by atoms with Crippen molar-refractivity contribution in [3.05, 3.63) is 38.8 Å². The highest BCUT2D eigenvalue weighted by atomic mass is 32.1. The standard InChI is InChI=1S/C14H19N3OS/c1-5-17-8-12(10(3)16-17)7-15-14(18)13-6-9(2)11(4)19-13/h6,8H,5,7H2,1-4H3,(H,15,18). The van der Waals surface area contributed by atoms with E-state index in [2.05, 4.69) is 10.4 Å². The van der Waals surface area contributed by atoms with Gasteiger partial charge in [-0.2, -0.15) is 5.10 Å². The van der Waals surface area contributed by atoms with E-state index < -0.39 is 0 Å². The summed E-state index contributed by atoms with van der Waals surface area (Å²) in [5.74, 6) is -0.00940. The summed E-state index contributed by atoms with van der Waals surface area (Å²) >= 11 is 1.54. The van der Waals surface area contributed by atoms with Gasteiger partial charge in [0.05, 0.1) is 10.6 Å². The van der Waals surface area contributed by atoms with Crippen molar-refractivity contribution in [2.45, 2.75) is 40.8 Å². The molecule has 1 amide bonds. The van der Waals surface area contributed by atoms with E-state index in [0.717, 1.165) is 22.7 Å². The van der Waals surface area contributed by atoms with Crippen LogP contribution in [0.25, 0.3) is 0 Å². The molecule has 2 aromatic rings. The summed E-state index contributed by atoms with van der Waals surface area (Å²) in [7, 11) is 0. The van der Waals surface area contributed by atoms with Crippen LogP contribution in [0.4, 0.5) is 0 Å². The first kappa shape index (κ1) is 13.8. The van der Waals surface area contributed by atoms with Gasteiger partial charge < -0.3 is 5.32 Å². The van der Waals surface area contributed by atoms with Gasteiger partial charge in [-0.3, -0.25) is 9.48 Å². The number of aromatic nitrogens is 2. The van der Waals surface area contributed by atoms with E-state index in [4.69, 9.17) is 0 Å². The molecule has 0 bridgehead atoms. The number of hydrogen-bond donors (Lipinski definition) is 1. The lowest BCUT2D eigenvalue weighted by Crippen LogP contribution is -2.21. The topological polar surface area (TPSA) is 46.9 Å². The van der Waals surface area contributed by atoms with Gasteiger partial charge in [0.25, 0.3) is 5.91 Å². The van der Waals surface area contributed by atoms with Gasteiger partial charge in [0.2, 0.25) is 0 Å². The molecule has 0 radical (unpaired) electrons. The summed E-state index contributed by atoms with van der Waals surface area (Å²) in [5, 5.41) is 7.32. The Labute approximate surface area is 117 Å². The van der Waals surface area contributed by atoms with Crippen LogP contribution in [0, 0.1) is 20.8 Å². The van der Waals surface area contributed by atoms with Gasteiger partial charge in [-0.1, -0.05) is 0 Å². The molecule has 0 saturated heterocycles. The average molecular weight is 277 g/mol. The third-order valence-electron chi connectivity index (χ3n) is 3.20. The van der Waals surface area contributed by atoms with Gasteiger partial charge in [-0.15, -0.1) is 11.3 Å². The van der Waals surface area contributed by atoms with Gasteiger partial charge in [-0.25, -0.2) is 0 Å². The summed E-state index contributed by atoms with van der Waals surface area (Å²) < 4.78 is 1.89. The molecule has 2 rings (SSSR count). The first-order chi connectivity index (χ1) is 9.01. The predicted molar refractivity (Wildman–Crippen MR) is 77.6 cm³/mol. The van der Waals surface area contributed by atoms with Gasteiger partial charge in [0.1, 0.15) is 0 Å². The fourth-order valence-electron chi connectivity index (χ4n) is 1.84. The second-order valence-corrected chi connectivity index (χ2v) is 5.88. The van der Waals surface area contributed by atoms with E-state index in [1.165, 1.54) is 21.8 Å². The third-order valence-corrected chi connectivity index (χ3v) is 4.35. The molecule has 2 heterocycles. The van der Waals surface area contributed by atoms with Crippen LogP contribution >= 0.6 is 11.3 Å². The quantitative estimate of drug-likeness (QED) is 0.934.